The number of halogens is 2. The van der Waals surface area contributed by atoms with Crippen molar-refractivity contribution in [2.24, 2.45) is 39.9 Å². The number of hydrogen-bond acceptors (Lipinski definition) is 4. The molecule has 1 amide bonds. The zero-order valence-electron chi connectivity index (χ0n) is 25.4. The molecule has 1 aliphatic heterocycles. The van der Waals surface area contributed by atoms with Crippen LogP contribution in [-0.2, 0) is 10.2 Å². The summed E-state index contributed by atoms with van der Waals surface area (Å²) in [6, 6.07) is 2.51. The molecule has 8 rings (SSSR count). The minimum absolute atomic E-state index is 0.113. The van der Waals surface area contributed by atoms with Gasteiger partial charge in [-0.05, 0) is 124 Å². The normalized spacial score (nSPS) is 39.2. The summed E-state index contributed by atoms with van der Waals surface area (Å²) in [5.41, 5.74) is 0.246. The molecule has 0 spiro atoms. The Morgan fingerprint density at radius 1 is 1.07 bits per heavy atom. The van der Waals surface area contributed by atoms with Crippen LogP contribution in [0.1, 0.15) is 120 Å². The summed E-state index contributed by atoms with van der Waals surface area (Å²) in [4.78, 5) is 12.9. The van der Waals surface area contributed by atoms with E-state index in [1.54, 1.807) is 0 Å². The average Bonchev–Trinajstić information content (AvgIpc) is 3.84. The first kappa shape index (κ1) is 29.1. The van der Waals surface area contributed by atoms with Crippen molar-refractivity contribution in [3.05, 3.63) is 28.5 Å². The van der Waals surface area contributed by atoms with Crippen LogP contribution in [0.25, 0.3) is 0 Å². The van der Waals surface area contributed by atoms with Crippen LogP contribution in [0.5, 0.6) is 5.75 Å². The van der Waals surface area contributed by atoms with Crippen molar-refractivity contribution >= 4 is 27.7 Å². The molecule has 6 saturated carbocycles. The van der Waals surface area contributed by atoms with E-state index < -0.39 is 27.5 Å². The molecule has 7 aliphatic rings. The molecular weight excluding hydrogens is 587 g/mol. The Balaban J connectivity index is 1.11. The molecular formula is C34H46ClFN2O4S. The Bertz CT molecular complexity index is 1450. The van der Waals surface area contributed by atoms with Crippen molar-refractivity contribution in [2.75, 3.05) is 13.1 Å². The summed E-state index contributed by atoms with van der Waals surface area (Å²) in [5, 5.41) is 0.170. The summed E-state index contributed by atoms with van der Waals surface area (Å²) in [6.45, 7) is 3.16. The number of carbonyl (C=O) groups is 1. The predicted octanol–water partition coefficient (Wildman–Crippen LogP) is 7.65. The van der Waals surface area contributed by atoms with Gasteiger partial charge in [0.1, 0.15) is 17.2 Å². The highest BCUT2D eigenvalue weighted by Gasteiger charge is 2.72. The van der Waals surface area contributed by atoms with Gasteiger partial charge in [0.05, 0.1) is 10.6 Å². The van der Waals surface area contributed by atoms with Crippen LogP contribution in [0.4, 0.5) is 4.39 Å². The molecule has 43 heavy (non-hydrogen) atoms. The van der Waals surface area contributed by atoms with E-state index in [1.807, 2.05) is 4.72 Å². The number of nitrogens with one attached hydrogen (secondary N) is 1. The molecule has 6 aliphatic carbocycles. The number of carbonyl (C=O) groups excluding carboxylic acids is 1. The molecule has 1 N–H and O–H groups in total. The van der Waals surface area contributed by atoms with Crippen LogP contribution in [-0.4, -0.2) is 37.3 Å². The first-order valence-corrected chi connectivity index (χ1v) is 18.8. The van der Waals surface area contributed by atoms with E-state index in [0.29, 0.717) is 41.5 Å². The first-order chi connectivity index (χ1) is 20.5. The molecule has 8 unspecified atom stereocenters. The van der Waals surface area contributed by atoms with E-state index in [-0.39, 0.29) is 16.0 Å². The minimum Gasteiger partial charge on any atom is -0.485 e. The number of hydrogen-bond donors (Lipinski definition) is 1. The second kappa shape index (κ2) is 9.81. The number of nitrogens with zero attached hydrogens (tertiary/aromatic N) is 1. The van der Waals surface area contributed by atoms with Crippen LogP contribution in [0.15, 0.2) is 12.1 Å². The molecule has 0 radical (unpaired) electrons. The fourth-order valence-corrected chi connectivity index (χ4v) is 12.5. The van der Waals surface area contributed by atoms with Crippen LogP contribution < -0.4 is 9.46 Å². The standard InChI is InChI=1S/C34H46ClFN2O4S/c1-22(32-10-3-7-24(32)20-32)18-34(33-11-4-8-25(33)21-33,13-12-31-9-2-6-23(31)19-31)42-29-17-28(36)26(16-27(29)35)30(39)37-43(40,41)38-14-5-15-38/h16-17,22-25H,2-15,18-21H2,1H3,(H,37,39). The molecule has 6 nitrogen and oxygen atoms in total. The SMILES string of the molecule is CC(CC(CCC12CCCC1C2)(Oc1cc(F)c(C(=O)NS(=O)(=O)N2CCC2)cc1Cl)C12CCCC1C2)C12CCCC1C2. The van der Waals surface area contributed by atoms with E-state index in [0.717, 1.165) is 37.5 Å². The molecule has 1 aromatic carbocycles. The average molecular weight is 633 g/mol. The van der Waals surface area contributed by atoms with Crippen LogP contribution in [0, 0.1) is 45.7 Å². The van der Waals surface area contributed by atoms with Crippen molar-refractivity contribution in [1.82, 2.24) is 9.03 Å². The Morgan fingerprint density at radius 2 is 1.81 bits per heavy atom. The summed E-state index contributed by atoms with van der Waals surface area (Å²) < 4.78 is 51.1. The van der Waals surface area contributed by atoms with Crippen molar-refractivity contribution in [3.8, 4) is 5.75 Å². The smallest absolute Gasteiger partial charge is 0.304 e. The lowest BCUT2D eigenvalue weighted by molar-refractivity contribution is -0.0513. The zero-order chi connectivity index (χ0) is 29.8. The van der Waals surface area contributed by atoms with Gasteiger partial charge in [-0.25, -0.2) is 9.11 Å². The Hall–Kier alpha value is -1.38. The number of rotatable bonds is 12. The van der Waals surface area contributed by atoms with E-state index in [1.165, 1.54) is 93.5 Å². The van der Waals surface area contributed by atoms with Crippen molar-refractivity contribution in [1.29, 1.82) is 0 Å². The van der Waals surface area contributed by atoms with E-state index in [9.17, 15) is 13.2 Å². The number of ether oxygens (including phenoxy) is 1. The quantitative estimate of drug-likeness (QED) is 0.257. The second-order valence-corrected chi connectivity index (χ2v) is 17.9. The number of amides is 1. The fourth-order valence-electron chi connectivity index (χ4n) is 11.1. The van der Waals surface area contributed by atoms with Gasteiger partial charge in [-0.15, -0.1) is 0 Å². The van der Waals surface area contributed by atoms with Gasteiger partial charge in [0.15, 0.2) is 0 Å². The first-order valence-electron chi connectivity index (χ1n) is 17.0. The van der Waals surface area contributed by atoms with Gasteiger partial charge >= 0.3 is 10.2 Å². The van der Waals surface area contributed by atoms with Crippen molar-refractivity contribution in [2.45, 2.75) is 115 Å². The highest BCUT2D eigenvalue weighted by Crippen LogP contribution is 2.76. The third kappa shape index (κ3) is 4.53. The molecule has 1 heterocycles. The maximum Gasteiger partial charge on any atom is 0.304 e. The van der Waals surface area contributed by atoms with Gasteiger partial charge in [0.25, 0.3) is 5.91 Å². The molecule has 9 heteroatoms. The second-order valence-electron chi connectivity index (χ2n) is 15.8. The van der Waals surface area contributed by atoms with Gasteiger partial charge in [-0.2, -0.15) is 12.7 Å². The number of fused-ring (bicyclic) bond motifs is 3. The Kier molecular flexibility index (Phi) is 6.63. The number of benzene rings is 1. The van der Waals surface area contributed by atoms with Crippen LogP contribution in [0.2, 0.25) is 5.02 Å². The molecule has 236 valence electrons. The lowest BCUT2D eigenvalue weighted by Gasteiger charge is -2.45. The van der Waals surface area contributed by atoms with Gasteiger partial charge in [0.2, 0.25) is 0 Å². The van der Waals surface area contributed by atoms with E-state index >= 15 is 4.39 Å². The Morgan fingerprint density at radius 3 is 2.40 bits per heavy atom. The van der Waals surface area contributed by atoms with E-state index in [2.05, 4.69) is 6.92 Å². The molecule has 0 aromatic heterocycles. The molecule has 1 aromatic rings. The minimum atomic E-state index is -4.00. The summed E-state index contributed by atoms with van der Waals surface area (Å²) >= 11 is 6.82. The van der Waals surface area contributed by atoms with Gasteiger partial charge < -0.3 is 4.74 Å². The zero-order valence-corrected chi connectivity index (χ0v) is 27.0. The van der Waals surface area contributed by atoms with E-state index in [4.69, 9.17) is 16.3 Å². The lowest BCUT2D eigenvalue weighted by atomic mass is 9.68. The maximum absolute atomic E-state index is 15.7. The van der Waals surface area contributed by atoms with Gasteiger partial charge in [-0.1, -0.05) is 37.8 Å². The highest BCUT2D eigenvalue weighted by molar-refractivity contribution is 7.87. The van der Waals surface area contributed by atoms with Gasteiger partial charge in [0, 0.05) is 24.6 Å². The third-order valence-corrected chi connectivity index (χ3v) is 15.8. The highest BCUT2D eigenvalue weighted by atomic mass is 35.5. The summed E-state index contributed by atoms with van der Waals surface area (Å²) in [5.74, 6) is 1.40. The maximum atomic E-state index is 15.7. The molecule has 8 atom stereocenters. The molecule has 1 saturated heterocycles. The monoisotopic (exact) mass is 632 g/mol. The summed E-state index contributed by atoms with van der Waals surface area (Å²) in [7, 11) is -4.00. The molecule has 0 bridgehead atoms. The van der Waals surface area contributed by atoms with Crippen LogP contribution in [0.3, 0.4) is 0 Å². The van der Waals surface area contributed by atoms with Crippen molar-refractivity contribution < 1.29 is 22.3 Å². The summed E-state index contributed by atoms with van der Waals surface area (Å²) in [6.07, 6.45) is 19.4. The predicted molar refractivity (Wildman–Crippen MR) is 164 cm³/mol. The largest absolute Gasteiger partial charge is 0.485 e. The van der Waals surface area contributed by atoms with Crippen LogP contribution >= 0.6 is 11.6 Å². The fraction of sp³-hybridized carbons (Fsp3) is 0.794. The lowest BCUT2D eigenvalue weighted by Crippen LogP contribution is -2.50. The van der Waals surface area contributed by atoms with Crippen molar-refractivity contribution in [3.63, 3.8) is 0 Å². The van der Waals surface area contributed by atoms with Gasteiger partial charge in [-0.3, -0.25) is 4.79 Å². The molecule has 7 fully saturated rings. The topological polar surface area (TPSA) is 75.7 Å². The third-order valence-electron chi connectivity index (χ3n) is 14.0. The Labute approximate surface area is 261 Å².